The van der Waals surface area contributed by atoms with Crippen molar-refractivity contribution in [3.8, 4) is 5.75 Å². The van der Waals surface area contributed by atoms with E-state index in [0.29, 0.717) is 33.6 Å². The van der Waals surface area contributed by atoms with E-state index < -0.39 is 17.5 Å². The van der Waals surface area contributed by atoms with Crippen LogP contribution < -0.4 is 10.1 Å². The number of carbonyl (C=O) groups excluding carboxylic acids is 2. The Morgan fingerprint density at radius 1 is 1.03 bits per heavy atom. The number of halogens is 3. The fourth-order valence-corrected chi connectivity index (χ4v) is 3.92. The van der Waals surface area contributed by atoms with Gasteiger partial charge in [0.15, 0.2) is 0 Å². The van der Waals surface area contributed by atoms with E-state index in [0.717, 1.165) is 6.07 Å². The normalized spacial score (nSPS) is 10.9. The number of nitrogens with zero attached hydrogens (tertiary/aromatic N) is 1. The van der Waals surface area contributed by atoms with Gasteiger partial charge < -0.3 is 10.1 Å². The number of fused-ring (bicyclic) bond motifs is 1. The molecule has 0 saturated carbocycles. The minimum atomic E-state index is -0.738. The van der Waals surface area contributed by atoms with Crippen LogP contribution in [0, 0.1) is 18.6 Å². The molecule has 0 spiro atoms. The molecule has 168 valence electrons. The van der Waals surface area contributed by atoms with Gasteiger partial charge in [0.2, 0.25) is 5.91 Å². The molecule has 1 N–H and O–H groups in total. The number of methoxy groups -OCH3 is 1. The summed E-state index contributed by atoms with van der Waals surface area (Å²) in [6, 6.07) is 14.4. The van der Waals surface area contributed by atoms with Gasteiger partial charge in [-0.05, 0) is 73.2 Å². The lowest BCUT2D eigenvalue weighted by atomic mass is 10.1. The van der Waals surface area contributed by atoms with Crippen LogP contribution in [0.4, 0.5) is 14.5 Å². The van der Waals surface area contributed by atoms with Gasteiger partial charge in [0, 0.05) is 21.8 Å². The Morgan fingerprint density at radius 2 is 1.76 bits per heavy atom. The van der Waals surface area contributed by atoms with Crippen molar-refractivity contribution in [2.24, 2.45) is 0 Å². The molecule has 4 aromatic rings. The molecule has 0 bridgehead atoms. The Hall–Kier alpha value is -3.71. The van der Waals surface area contributed by atoms with Crippen LogP contribution in [0.5, 0.6) is 5.75 Å². The van der Waals surface area contributed by atoms with Gasteiger partial charge >= 0.3 is 0 Å². The molecule has 33 heavy (non-hydrogen) atoms. The molecule has 1 amide bonds. The van der Waals surface area contributed by atoms with Crippen LogP contribution in [0.2, 0.25) is 5.02 Å². The number of ether oxygens (including phenoxy) is 1. The van der Waals surface area contributed by atoms with Gasteiger partial charge in [0.25, 0.3) is 5.91 Å². The maximum atomic E-state index is 14.5. The number of aromatic nitrogens is 1. The summed E-state index contributed by atoms with van der Waals surface area (Å²) in [7, 11) is 1.51. The highest BCUT2D eigenvalue weighted by Gasteiger charge is 2.23. The molecule has 1 aromatic heterocycles. The molecule has 0 aliphatic carbocycles. The molecule has 5 nitrogen and oxygen atoms in total. The van der Waals surface area contributed by atoms with Crippen LogP contribution in [0.3, 0.4) is 0 Å². The van der Waals surface area contributed by atoms with Crippen molar-refractivity contribution >= 4 is 40.0 Å². The molecule has 0 unspecified atom stereocenters. The highest BCUT2D eigenvalue weighted by molar-refractivity contribution is 6.30. The summed E-state index contributed by atoms with van der Waals surface area (Å²) in [6.07, 6.45) is -0.0593. The van der Waals surface area contributed by atoms with Crippen molar-refractivity contribution in [1.29, 1.82) is 0 Å². The van der Waals surface area contributed by atoms with Crippen molar-refractivity contribution in [1.82, 2.24) is 4.57 Å². The van der Waals surface area contributed by atoms with Crippen LogP contribution in [-0.4, -0.2) is 23.5 Å². The molecule has 0 atom stereocenters. The highest BCUT2D eigenvalue weighted by Crippen LogP contribution is 2.31. The maximum absolute atomic E-state index is 14.5. The molecule has 3 aromatic carbocycles. The van der Waals surface area contributed by atoms with Crippen molar-refractivity contribution in [3.63, 3.8) is 0 Å². The summed E-state index contributed by atoms with van der Waals surface area (Å²) in [5, 5.41) is 3.53. The zero-order valence-corrected chi connectivity index (χ0v) is 18.5. The number of anilines is 1. The minimum absolute atomic E-state index is 0.0593. The van der Waals surface area contributed by atoms with E-state index in [1.807, 2.05) is 0 Å². The van der Waals surface area contributed by atoms with Crippen LogP contribution in [0.1, 0.15) is 21.6 Å². The first-order chi connectivity index (χ1) is 15.8. The number of hydrogen-bond donors (Lipinski definition) is 1. The molecule has 0 radical (unpaired) electrons. The summed E-state index contributed by atoms with van der Waals surface area (Å²) in [4.78, 5) is 26.1. The van der Waals surface area contributed by atoms with E-state index in [2.05, 4.69) is 5.32 Å². The second-order valence-corrected chi connectivity index (χ2v) is 7.88. The highest BCUT2D eigenvalue weighted by atomic mass is 35.5. The molecular formula is C25H19ClF2N2O3. The van der Waals surface area contributed by atoms with E-state index in [1.165, 1.54) is 48.1 Å². The predicted octanol–water partition coefficient (Wildman–Crippen LogP) is 5.76. The van der Waals surface area contributed by atoms with Crippen LogP contribution in [-0.2, 0) is 11.2 Å². The van der Waals surface area contributed by atoms with Crippen molar-refractivity contribution in [3.05, 3.63) is 94.1 Å². The Labute approximate surface area is 193 Å². The molecule has 4 rings (SSSR count). The Kier molecular flexibility index (Phi) is 6.16. The molecule has 8 heteroatoms. The lowest BCUT2D eigenvalue weighted by molar-refractivity contribution is -0.115. The van der Waals surface area contributed by atoms with E-state index in [1.54, 1.807) is 25.1 Å². The average Bonchev–Trinajstić information content (AvgIpc) is 3.05. The standard InChI is InChI=1S/C25H19ClF2N2O3/c1-14-20(13-24(31)29-17-6-4-16(27)5-7-17)21-12-18(33-2)8-10-23(21)30(14)25(32)19-9-3-15(26)11-22(19)28/h3-12H,13H2,1-2H3,(H,29,31). The first kappa shape index (κ1) is 22.5. The predicted molar refractivity (Wildman–Crippen MR) is 123 cm³/mol. The minimum Gasteiger partial charge on any atom is -0.497 e. The van der Waals surface area contributed by atoms with Gasteiger partial charge in [0.05, 0.1) is 24.6 Å². The zero-order chi connectivity index (χ0) is 23.7. The topological polar surface area (TPSA) is 60.3 Å². The van der Waals surface area contributed by atoms with Crippen molar-refractivity contribution < 1.29 is 23.1 Å². The summed E-state index contributed by atoms with van der Waals surface area (Å²) in [5.41, 5.74) is 1.90. The Morgan fingerprint density at radius 3 is 2.42 bits per heavy atom. The quantitative estimate of drug-likeness (QED) is 0.405. The zero-order valence-electron chi connectivity index (χ0n) is 17.8. The first-order valence-corrected chi connectivity index (χ1v) is 10.4. The first-order valence-electron chi connectivity index (χ1n) is 10.0. The van der Waals surface area contributed by atoms with E-state index in [4.69, 9.17) is 16.3 Å². The lowest BCUT2D eigenvalue weighted by Crippen LogP contribution is -2.17. The summed E-state index contributed by atoms with van der Waals surface area (Å²) in [6.45, 7) is 1.69. The summed E-state index contributed by atoms with van der Waals surface area (Å²) >= 11 is 5.83. The van der Waals surface area contributed by atoms with E-state index >= 15 is 0 Å². The van der Waals surface area contributed by atoms with Crippen LogP contribution in [0.25, 0.3) is 10.9 Å². The van der Waals surface area contributed by atoms with Gasteiger partial charge in [-0.1, -0.05) is 11.6 Å². The number of nitrogens with one attached hydrogen (secondary N) is 1. The second-order valence-electron chi connectivity index (χ2n) is 7.44. The molecule has 0 saturated heterocycles. The van der Waals surface area contributed by atoms with Crippen LogP contribution in [0.15, 0.2) is 60.7 Å². The SMILES string of the molecule is COc1ccc2c(c1)c(CC(=O)Nc1ccc(F)cc1)c(C)n2C(=O)c1ccc(Cl)cc1F. The number of rotatable bonds is 5. The van der Waals surface area contributed by atoms with Crippen molar-refractivity contribution in [2.75, 3.05) is 12.4 Å². The number of carbonyl (C=O) groups is 2. The third-order valence-electron chi connectivity index (χ3n) is 5.37. The fraction of sp³-hybridized carbons (Fsp3) is 0.120. The van der Waals surface area contributed by atoms with E-state index in [-0.39, 0.29) is 22.9 Å². The fourth-order valence-electron chi connectivity index (χ4n) is 3.76. The largest absolute Gasteiger partial charge is 0.497 e. The Balaban J connectivity index is 1.77. The Bertz CT molecular complexity index is 1380. The number of hydrogen-bond acceptors (Lipinski definition) is 3. The average molecular weight is 469 g/mol. The third kappa shape index (κ3) is 4.45. The van der Waals surface area contributed by atoms with Crippen molar-refractivity contribution in [2.45, 2.75) is 13.3 Å². The monoisotopic (exact) mass is 468 g/mol. The van der Waals surface area contributed by atoms with Gasteiger partial charge in [0.1, 0.15) is 17.4 Å². The molecule has 0 aliphatic heterocycles. The van der Waals surface area contributed by atoms with Crippen LogP contribution >= 0.6 is 11.6 Å². The number of benzene rings is 3. The molecular weight excluding hydrogens is 450 g/mol. The summed E-state index contributed by atoms with van der Waals surface area (Å²) in [5.74, 6) is -1.53. The summed E-state index contributed by atoms with van der Waals surface area (Å²) < 4.78 is 34.3. The van der Waals surface area contributed by atoms with Gasteiger partial charge in [-0.2, -0.15) is 0 Å². The third-order valence-corrected chi connectivity index (χ3v) is 5.61. The van der Waals surface area contributed by atoms with E-state index in [9.17, 15) is 18.4 Å². The molecule has 0 fully saturated rings. The smallest absolute Gasteiger partial charge is 0.265 e. The second kappa shape index (κ2) is 9.03. The lowest BCUT2D eigenvalue weighted by Gasteiger charge is -2.09. The van der Waals surface area contributed by atoms with Gasteiger partial charge in [-0.15, -0.1) is 0 Å². The molecule has 1 heterocycles. The maximum Gasteiger partial charge on any atom is 0.265 e. The number of amides is 1. The van der Waals surface area contributed by atoms with Gasteiger partial charge in [-0.25, -0.2) is 8.78 Å². The molecule has 0 aliphatic rings. The van der Waals surface area contributed by atoms with Gasteiger partial charge in [-0.3, -0.25) is 14.2 Å².